The van der Waals surface area contributed by atoms with Gasteiger partial charge in [0.05, 0.1) is 6.10 Å². The SMILES string of the molecule is CCCCN(C(=O)NSc1cc(Cl)cc(Cl)c1)C(=NC(=O)N(C)C)OC(C)C. The van der Waals surface area contributed by atoms with Crippen molar-refractivity contribution in [3.8, 4) is 0 Å². The molecule has 0 atom stereocenters. The number of ether oxygens (including phenoxy) is 1. The first-order valence-electron chi connectivity index (χ1n) is 8.81. The molecule has 156 valence electrons. The molecule has 1 aromatic rings. The number of amides is 4. The van der Waals surface area contributed by atoms with E-state index in [9.17, 15) is 9.59 Å². The number of nitrogens with one attached hydrogen (secondary N) is 1. The Labute approximate surface area is 180 Å². The van der Waals surface area contributed by atoms with Gasteiger partial charge in [0.1, 0.15) is 0 Å². The van der Waals surface area contributed by atoms with Crippen molar-refractivity contribution in [1.29, 1.82) is 0 Å². The molecule has 0 aliphatic heterocycles. The normalized spacial score (nSPS) is 11.4. The van der Waals surface area contributed by atoms with Gasteiger partial charge in [-0.05, 0) is 50.4 Å². The van der Waals surface area contributed by atoms with Crippen LogP contribution in [0.15, 0.2) is 28.1 Å². The summed E-state index contributed by atoms with van der Waals surface area (Å²) in [5, 5.41) is 0.933. The van der Waals surface area contributed by atoms with Crippen LogP contribution in [-0.2, 0) is 4.74 Å². The van der Waals surface area contributed by atoms with Crippen molar-refractivity contribution in [2.45, 2.75) is 44.6 Å². The minimum Gasteiger partial charge on any atom is -0.462 e. The van der Waals surface area contributed by atoms with Crippen LogP contribution in [0.4, 0.5) is 9.59 Å². The van der Waals surface area contributed by atoms with Crippen LogP contribution in [0.5, 0.6) is 0 Å². The van der Waals surface area contributed by atoms with Crippen LogP contribution in [0.25, 0.3) is 0 Å². The summed E-state index contributed by atoms with van der Waals surface area (Å²) in [4.78, 5) is 32.1. The molecular weight excluding hydrogens is 423 g/mol. The summed E-state index contributed by atoms with van der Waals surface area (Å²) < 4.78 is 8.38. The van der Waals surface area contributed by atoms with Crippen LogP contribution in [0.3, 0.4) is 0 Å². The van der Waals surface area contributed by atoms with Gasteiger partial charge in [-0.2, -0.15) is 0 Å². The van der Waals surface area contributed by atoms with Gasteiger partial charge >= 0.3 is 18.1 Å². The molecule has 0 fully saturated rings. The zero-order valence-electron chi connectivity index (χ0n) is 16.7. The van der Waals surface area contributed by atoms with E-state index in [-0.39, 0.29) is 12.1 Å². The molecule has 0 aliphatic carbocycles. The minimum atomic E-state index is -0.515. The van der Waals surface area contributed by atoms with E-state index in [2.05, 4.69) is 9.71 Å². The first-order valence-corrected chi connectivity index (χ1v) is 10.4. The third-order valence-electron chi connectivity index (χ3n) is 3.22. The zero-order valence-corrected chi connectivity index (χ0v) is 19.0. The number of amidine groups is 1. The number of carbonyl (C=O) groups is 2. The van der Waals surface area contributed by atoms with Crippen molar-refractivity contribution >= 4 is 53.2 Å². The Morgan fingerprint density at radius 1 is 1.21 bits per heavy atom. The first kappa shape index (κ1) is 24.4. The van der Waals surface area contributed by atoms with Gasteiger partial charge in [0, 0.05) is 35.6 Å². The van der Waals surface area contributed by atoms with Gasteiger partial charge < -0.3 is 9.64 Å². The molecule has 0 saturated carbocycles. The summed E-state index contributed by atoms with van der Waals surface area (Å²) in [6, 6.07) is 3.97. The lowest BCUT2D eigenvalue weighted by Crippen LogP contribution is -2.45. The number of rotatable bonds is 6. The number of urea groups is 2. The summed E-state index contributed by atoms with van der Waals surface area (Å²) in [6.07, 6.45) is 1.32. The molecule has 7 nitrogen and oxygen atoms in total. The van der Waals surface area contributed by atoms with Crippen LogP contribution >= 0.6 is 35.1 Å². The first-order chi connectivity index (χ1) is 13.1. The standard InChI is InChI=1S/C18H26Cl2N4O3S/c1-6-7-8-24(18(27-12(2)3)21-16(25)23(4)5)17(26)22-28-15-10-13(19)9-14(20)11-15/h9-12H,6-8H2,1-5H3,(H,22,26). The number of aliphatic imine (C=N–C) groups is 1. The van der Waals surface area contributed by atoms with Crippen molar-refractivity contribution in [3.05, 3.63) is 28.2 Å². The zero-order chi connectivity index (χ0) is 21.3. The van der Waals surface area contributed by atoms with Gasteiger partial charge in [-0.25, -0.2) is 14.5 Å². The number of nitrogens with zero attached hydrogens (tertiary/aromatic N) is 3. The molecule has 0 saturated heterocycles. The van der Waals surface area contributed by atoms with E-state index < -0.39 is 12.1 Å². The third kappa shape index (κ3) is 8.58. The lowest BCUT2D eigenvalue weighted by Gasteiger charge is -2.25. The van der Waals surface area contributed by atoms with E-state index in [1.54, 1.807) is 46.1 Å². The molecule has 1 rings (SSSR count). The van der Waals surface area contributed by atoms with E-state index in [1.165, 1.54) is 9.80 Å². The molecule has 0 unspecified atom stereocenters. The van der Waals surface area contributed by atoms with Crippen molar-refractivity contribution < 1.29 is 14.3 Å². The molecule has 10 heteroatoms. The highest BCUT2D eigenvalue weighted by Crippen LogP contribution is 2.25. The topological polar surface area (TPSA) is 74.2 Å². The highest BCUT2D eigenvalue weighted by atomic mass is 35.5. The highest BCUT2D eigenvalue weighted by Gasteiger charge is 2.23. The van der Waals surface area contributed by atoms with Crippen LogP contribution in [0, 0.1) is 0 Å². The summed E-state index contributed by atoms with van der Waals surface area (Å²) in [6.45, 7) is 5.96. The van der Waals surface area contributed by atoms with Crippen molar-refractivity contribution in [2.24, 2.45) is 4.99 Å². The number of benzene rings is 1. The van der Waals surface area contributed by atoms with E-state index in [4.69, 9.17) is 27.9 Å². The lowest BCUT2D eigenvalue weighted by atomic mass is 10.3. The Morgan fingerprint density at radius 3 is 2.32 bits per heavy atom. The molecule has 0 bridgehead atoms. The van der Waals surface area contributed by atoms with E-state index in [0.717, 1.165) is 24.8 Å². The van der Waals surface area contributed by atoms with Gasteiger partial charge in [-0.3, -0.25) is 4.72 Å². The Bertz CT molecular complexity index is 694. The summed E-state index contributed by atoms with van der Waals surface area (Å²) >= 11 is 13.0. The maximum atomic E-state index is 12.8. The predicted molar refractivity (Wildman–Crippen MR) is 115 cm³/mol. The fraction of sp³-hybridized carbons (Fsp3) is 0.500. The number of hydrogen-bond acceptors (Lipinski definition) is 4. The fourth-order valence-corrected chi connectivity index (χ4v) is 3.23. The van der Waals surface area contributed by atoms with Gasteiger partial charge in [0.15, 0.2) is 0 Å². The summed E-state index contributed by atoms with van der Waals surface area (Å²) in [5.41, 5.74) is 0. The highest BCUT2D eigenvalue weighted by molar-refractivity contribution is 7.98. The van der Waals surface area contributed by atoms with Crippen molar-refractivity contribution in [1.82, 2.24) is 14.5 Å². The third-order valence-corrected chi connectivity index (χ3v) is 4.40. The number of unbranched alkanes of at least 4 members (excludes halogenated alkanes) is 1. The average molecular weight is 449 g/mol. The predicted octanol–water partition coefficient (Wildman–Crippen LogP) is 5.27. The number of halogens is 2. The number of carbonyl (C=O) groups excluding carboxylic acids is 2. The minimum absolute atomic E-state index is 0.0376. The Balaban J connectivity index is 3.03. The molecule has 0 heterocycles. The molecule has 0 spiro atoms. The average Bonchev–Trinajstić information content (AvgIpc) is 2.58. The van der Waals surface area contributed by atoms with Gasteiger partial charge in [0.25, 0.3) is 0 Å². The quantitative estimate of drug-likeness (QED) is 0.365. The molecule has 0 radical (unpaired) electrons. The van der Waals surface area contributed by atoms with Gasteiger partial charge in [-0.15, -0.1) is 4.99 Å². The van der Waals surface area contributed by atoms with Gasteiger partial charge in [0.2, 0.25) is 0 Å². The summed E-state index contributed by atoms with van der Waals surface area (Å²) in [5.74, 6) is 0. The Morgan fingerprint density at radius 2 is 1.82 bits per heavy atom. The molecule has 0 aliphatic rings. The maximum absolute atomic E-state index is 12.8. The number of hydrogen-bond donors (Lipinski definition) is 1. The fourth-order valence-electron chi connectivity index (χ4n) is 1.89. The van der Waals surface area contributed by atoms with Crippen LogP contribution in [-0.4, -0.2) is 54.6 Å². The van der Waals surface area contributed by atoms with Crippen LogP contribution in [0.2, 0.25) is 10.0 Å². The monoisotopic (exact) mass is 448 g/mol. The Hall–Kier alpha value is -1.64. The van der Waals surface area contributed by atoms with E-state index in [1.807, 2.05) is 6.92 Å². The van der Waals surface area contributed by atoms with Crippen molar-refractivity contribution in [3.63, 3.8) is 0 Å². The molecule has 28 heavy (non-hydrogen) atoms. The second-order valence-electron chi connectivity index (χ2n) is 6.36. The molecule has 4 amide bonds. The second-order valence-corrected chi connectivity index (χ2v) is 8.11. The van der Waals surface area contributed by atoms with E-state index in [0.29, 0.717) is 21.5 Å². The molecule has 1 aromatic carbocycles. The van der Waals surface area contributed by atoms with Crippen molar-refractivity contribution in [2.75, 3.05) is 20.6 Å². The lowest BCUT2D eigenvalue weighted by molar-refractivity contribution is 0.172. The van der Waals surface area contributed by atoms with Crippen LogP contribution in [0.1, 0.15) is 33.6 Å². The van der Waals surface area contributed by atoms with Gasteiger partial charge in [-0.1, -0.05) is 36.5 Å². The summed E-state index contributed by atoms with van der Waals surface area (Å²) in [7, 11) is 3.15. The molecular formula is C18H26Cl2N4O3S. The Kier molecular flexibility index (Phi) is 10.5. The maximum Gasteiger partial charge on any atom is 0.347 e. The second kappa shape index (κ2) is 12.0. The van der Waals surface area contributed by atoms with E-state index >= 15 is 0 Å². The molecule has 0 aromatic heterocycles. The smallest absolute Gasteiger partial charge is 0.347 e. The van der Waals surface area contributed by atoms with Crippen LogP contribution < -0.4 is 4.72 Å². The largest absolute Gasteiger partial charge is 0.462 e. The molecule has 1 N–H and O–H groups in total.